The van der Waals surface area contributed by atoms with Crippen molar-refractivity contribution in [2.24, 2.45) is 0 Å². The van der Waals surface area contributed by atoms with Gasteiger partial charge in [-0.2, -0.15) is 8.88 Å². The van der Waals surface area contributed by atoms with Gasteiger partial charge in [0, 0.05) is 6.07 Å². The highest BCUT2D eigenvalue weighted by Crippen LogP contribution is 2.61. The van der Waals surface area contributed by atoms with E-state index in [0.29, 0.717) is 0 Å². The number of hydrogen-bond acceptors (Lipinski definition) is 22. The molecule has 2 fully saturated rings. The van der Waals surface area contributed by atoms with Crippen molar-refractivity contribution in [2.75, 3.05) is 33.2 Å². The molecule has 32 heteroatoms. The predicted molar refractivity (Wildman–Crippen MR) is 202 cm³/mol. The number of carbonyl (C=O) groups is 1. The third kappa shape index (κ3) is 10.7. The average molecular weight is 955 g/mol. The van der Waals surface area contributed by atoms with E-state index in [1.54, 1.807) is 0 Å². The molecule has 1 aromatic carbocycles. The molecule has 4 aromatic rings. The maximum absolute atomic E-state index is 13.6. The minimum atomic E-state index is -5.66. The molecule has 0 radical (unpaired) electrons. The standard InChI is InChI=1S/C31H38N7O22P3/c1-14(16-7-18(52-2)19(53-3)8-17(16)38(44)45)58-63(50,51)59-26-24(40)21(57-30(26)37-13-35-22-27(32)33-12-34-28(22)37)11-55-62(48,49)60-61(46,47)54-10-20-23(39)25(41)29(56-20)36-6-4-5-15(9-36)31(42)43/h4-9,12-14,20-21,23-26,29-30,39-41H,10-11H2,1-3H3,(H5-,32,33,34,42,43,46,47,48,49,50,51)/p+1/t14?,20-,21-,23-,24-,25-,26-,29-,30-/m1/s1. The molecule has 0 bridgehead atoms. The molecule has 0 aliphatic carbocycles. The van der Waals surface area contributed by atoms with Crippen LogP contribution in [0.3, 0.4) is 0 Å². The Kier molecular flexibility index (Phi) is 14.3. The van der Waals surface area contributed by atoms with Gasteiger partial charge >= 0.3 is 29.4 Å². The van der Waals surface area contributed by atoms with Gasteiger partial charge in [-0.3, -0.25) is 32.8 Å². The Balaban J connectivity index is 1.15. The van der Waals surface area contributed by atoms with E-state index in [9.17, 15) is 63.7 Å². The van der Waals surface area contributed by atoms with Gasteiger partial charge in [0.2, 0.25) is 0 Å². The van der Waals surface area contributed by atoms with Crippen LogP contribution in [0.25, 0.3) is 11.2 Å². The number of pyridine rings is 1. The van der Waals surface area contributed by atoms with Gasteiger partial charge in [0.05, 0.1) is 56.4 Å². The molecule has 4 unspecified atom stereocenters. The third-order valence-electron chi connectivity index (χ3n) is 9.40. The molecule has 3 aromatic heterocycles. The SMILES string of the molecule is COc1cc(C(C)OP(=O)(O)O[C@@H]2[C@H](O)[C@@H](COP(=O)(O)OP(=O)(O)OC[C@H]3O[C@@H]([n+]4cccc(C(=O)O)c4)[C@H](O)[C@@H]3O)O[C@H]2n2cnc3c(N)ncnc32)c([N+](=O)[O-])cc1OC. The lowest BCUT2D eigenvalue weighted by Crippen LogP contribution is -2.46. The van der Waals surface area contributed by atoms with E-state index in [4.69, 9.17) is 42.8 Å². The number of phosphoric ester groups is 3. The van der Waals surface area contributed by atoms with Gasteiger partial charge in [-0.25, -0.2) is 33.4 Å². The van der Waals surface area contributed by atoms with Gasteiger partial charge in [0.1, 0.15) is 47.9 Å². The number of nitro groups is 1. The van der Waals surface area contributed by atoms with E-state index in [1.807, 2.05) is 0 Å². The fourth-order valence-corrected chi connectivity index (χ4v) is 9.65. The first-order chi connectivity index (χ1) is 29.5. The van der Waals surface area contributed by atoms with E-state index >= 15 is 0 Å². The third-order valence-corrected chi connectivity index (χ3v) is 13.1. The summed E-state index contributed by atoms with van der Waals surface area (Å²) in [6, 6.07) is 4.69. The Bertz CT molecular complexity index is 2500. The van der Waals surface area contributed by atoms with E-state index < -0.39 is 108 Å². The van der Waals surface area contributed by atoms with Gasteiger partial charge in [0.15, 0.2) is 47.7 Å². The van der Waals surface area contributed by atoms with Gasteiger partial charge in [-0.05, 0) is 19.1 Å². The number of aromatic nitrogens is 5. The summed E-state index contributed by atoms with van der Waals surface area (Å²) in [4.78, 5) is 66.0. The first-order valence-corrected chi connectivity index (χ1v) is 22.3. The molecule has 63 heavy (non-hydrogen) atoms. The number of benzene rings is 1. The molecule has 2 aliphatic rings. The maximum atomic E-state index is 13.6. The highest BCUT2D eigenvalue weighted by atomic mass is 31.3. The number of nitrogen functional groups attached to an aromatic ring is 1. The van der Waals surface area contributed by atoms with E-state index in [-0.39, 0.29) is 39.6 Å². The van der Waals surface area contributed by atoms with Gasteiger partial charge in [-0.15, -0.1) is 0 Å². The van der Waals surface area contributed by atoms with E-state index in [2.05, 4.69) is 19.3 Å². The smallest absolute Gasteiger partial charge is 0.481 e. The Morgan fingerprint density at radius 1 is 0.968 bits per heavy atom. The number of carboxylic acids is 1. The zero-order valence-corrected chi connectivity index (χ0v) is 35.3. The number of aliphatic hydroxyl groups is 3. The summed E-state index contributed by atoms with van der Waals surface area (Å²) in [6.45, 7) is -1.02. The number of methoxy groups -OCH3 is 2. The molecule has 2 aliphatic heterocycles. The van der Waals surface area contributed by atoms with Crippen molar-refractivity contribution in [2.45, 2.75) is 62.1 Å². The van der Waals surface area contributed by atoms with Gasteiger partial charge < -0.3 is 59.8 Å². The molecule has 0 saturated carbocycles. The minimum absolute atomic E-state index is 0.00359. The first-order valence-electron chi connectivity index (χ1n) is 17.8. The molecule has 0 amide bonds. The number of anilines is 1. The normalized spacial score (nSPS) is 27.0. The molecule has 2 saturated heterocycles. The number of aliphatic hydroxyl groups excluding tert-OH is 3. The number of aromatic carboxylic acids is 1. The summed E-state index contributed by atoms with van der Waals surface area (Å²) < 4.78 is 87.6. The van der Waals surface area contributed by atoms with Crippen molar-refractivity contribution >= 4 is 52.1 Å². The number of phosphoric acid groups is 3. The van der Waals surface area contributed by atoms with Gasteiger partial charge in [0.25, 0.3) is 11.9 Å². The van der Waals surface area contributed by atoms with Crippen LogP contribution >= 0.6 is 23.5 Å². The van der Waals surface area contributed by atoms with Gasteiger partial charge in [-0.1, -0.05) is 0 Å². The average Bonchev–Trinajstić information content (AvgIpc) is 3.87. The fraction of sp³-hybridized carbons (Fsp3) is 0.452. The summed E-state index contributed by atoms with van der Waals surface area (Å²) in [5.74, 6) is -1.45. The minimum Gasteiger partial charge on any atom is -0.493 e. The second kappa shape index (κ2) is 18.8. The second-order valence-electron chi connectivity index (χ2n) is 13.4. The number of fused-ring (bicyclic) bond motifs is 1. The summed E-state index contributed by atoms with van der Waals surface area (Å²) in [5, 5.41) is 53.5. The van der Waals surface area contributed by atoms with Crippen LogP contribution in [0.15, 0.2) is 49.3 Å². The van der Waals surface area contributed by atoms with Crippen molar-refractivity contribution in [3.63, 3.8) is 0 Å². The van der Waals surface area contributed by atoms with E-state index in [0.717, 1.165) is 40.1 Å². The molecular weight excluding hydrogens is 915 g/mol. The Hall–Kier alpha value is -4.64. The van der Waals surface area contributed by atoms with Crippen LogP contribution in [0.5, 0.6) is 11.5 Å². The number of nitrogens with two attached hydrogens (primary N) is 1. The number of nitro benzene ring substituents is 1. The molecule has 29 nitrogen and oxygen atoms in total. The van der Waals surface area contributed by atoms with Crippen molar-refractivity contribution in [3.05, 3.63) is 70.6 Å². The highest BCUT2D eigenvalue weighted by molar-refractivity contribution is 7.61. The Labute approximate surface area is 353 Å². The summed E-state index contributed by atoms with van der Waals surface area (Å²) >= 11 is 0. The lowest BCUT2D eigenvalue weighted by atomic mass is 10.1. The van der Waals surface area contributed by atoms with Crippen molar-refractivity contribution in [3.8, 4) is 11.5 Å². The number of rotatable bonds is 19. The molecular formula is C31H39N7O22P3+. The Morgan fingerprint density at radius 2 is 1.60 bits per heavy atom. The van der Waals surface area contributed by atoms with Crippen LogP contribution in [0.1, 0.15) is 41.4 Å². The van der Waals surface area contributed by atoms with Crippen LogP contribution in [-0.2, 0) is 45.6 Å². The van der Waals surface area contributed by atoms with Crippen molar-refractivity contribution < 1.29 is 104 Å². The Morgan fingerprint density at radius 3 is 2.22 bits per heavy atom. The molecule has 5 heterocycles. The number of ether oxygens (including phenoxy) is 4. The number of hydrogen-bond donors (Lipinski definition) is 8. The largest absolute Gasteiger partial charge is 0.493 e. The fourth-order valence-electron chi connectivity index (χ4n) is 6.46. The molecule has 12 atom stereocenters. The van der Waals surface area contributed by atoms with Crippen LogP contribution < -0.4 is 19.8 Å². The van der Waals surface area contributed by atoms with Crippen molar-refractivity contribution in [1.82, 2.24) is 19.5 Å². The second-order valence-corrected chi connectivity index (χ2v) is 17.9. The zero-order valence-electron chi connectivity index (χ0n) is 32.6. The molecule has 9 N–H and O–H groups in total. The number of imidazole rings is 1. The highest BCUT2D eigenvalue weighted by Gasteiger charge is 2.52. The molecule has 6 rings (SSSR count). The first kappa shape index (κ1) is 47.8. The molecule has 344 valence electrons. The lowest BCUT2D eigenvalue weighted by Gasteiger charge is -2.25. The summed E-state index contributed by atoms with van der Waals surface area (Å²) in [6.07, 6.45) is -11.0. The lowest BCUT2D eigenvalue weighted by molar-refractivity contribution is -0.765. The summed E-state index contributed by atoms with van der Waals surface area (Å²) in [5.41, 5.74) is 4.79. The van der Waals surface area contributed by atoms with Crippen LogP contribution in [0.2, 0.25) is 0 Å². The topological polar surface area (TPSA) is 410 Å². The van der Waals surface area contributed by atoms with Crippen LogP contribution in [0, 0.1) is 10.1 Å². The van der Waals surface area contributed by atoms with Crippen molar-refractivity contribution in [1.29, 1.82) is 0 Å². The van der Waals surface area contributed by atoms with E-state index in [1.165, 1.54) is 39.5 Å². The van der Waals surface area contributed by atoms with Crippen LogP contribution in [-0.4, -0.2) is 130 Å². The molecule has 0 spiro atoms. The summed E-state index contributed by atoms with van der Waals surface area (Å²) in [7, 11) is -14.2. The number of nitrogens with zero attached hydrogens (tertiary/aromatic N) is 6. The monoisotopic (exact) mass is 954 g/mol. The number of carboxylic acid groups (broad SMARTS) is 1. The predicted octanol–water partition coefficient (Wildman–Crippen LogP) is 0.411. The maximum Gasteiger partial charge on any atom is 0.481 e. The quantitative estimate of drug-likeness (QED) is 0.0273. The van der Waals surface area contributed by atoms with Crippen LogP contribution in [0.4, 0.5) is 11.5 Å². The zero-order chi connectivity index (χ0) is 46.2.